The van der Waals surface area contributed by atoms with Crippen molar-refractivity contribution in [2.75, 3.05) is 40.3 Å². The van der Waals surface area contributed by atoms with Crippen LogP contribution < -0.4 is 0 Å². The molecule has 78 valence electrons. The van der Waals surface area contributed by atoms with Gasteiger partial charge in [0.05, 0.1) is 0 Å². The highest BCUT2D eigenvalue weighted by Gasteiger charge is 2.23. The second-order valence-electron chi connectivity index (χ2n) is 4.15. The topological polar surface area (TPSA) is 26.7 Å². The molecule has 1 rings (SSSR count). The molecule has 0 amide bonds. The van der Waals surface area contributed by atoms with Gasteiger partial charge in [-0.05, 0) is 39.9 Å². The average molecular weight is 186 g/mol. The van der Waals surface area contributed by atoms with Gasteiger partial charge in [0, 0.05) is 25.7 Å². The maximum Gasteiger partial charge on any atom is 0.0445 e. The Morgan fingerprint density at radius 1 is 1.46 bits per heavy atom. The van der Waals surface area contributed by atoms with Crippen molar-refractivity contribution >= 4 is 0 Å². The van der Waals surface area contributed by atoms with Crippen LogP contribution in [0.4, 0.5) is 0 Å². The van der Waals surface area contributed by atoms with Gasteiger partial charge in [0.1, 0.15) is 0 Å². The highest BCUT2D eigenvalue weighted by Crippen LogP contribution is 2.18. The predicted octanol–water partition coefficient (Wildman–Crippen LogP) is 0.395. The van der Waals surface area contributed by atoms with Gasteiger partial charge in [-0.3, -0.25) is 4.90 Å². The van der Waals surface area contributed by atoms with Crippen molar-refractivity contribution < 1.29 is 5.11 Å². The molecule has 0 spiro atoms. The van der Waals surface area contributed by atoms with Gasteiger partial charge in [0.25, 0.3) is 0 Å². The summed E-state index contributed by atoms with van der Waals surface area (Å²) in [7, 11) is 4.22. The van der Waals surface area contributed by atoms with Crippen LogP contribution in [-0.4, -0.2) is 61.3 Å². The fraction of sp³-hybridized carbons (Fsp3) is 1.00. The Morgan fingerprint density at radius 3 is 2.85 bits per heavy atom. The number of likely N-dealkylation sites (tertiary alicyclic amines) is 1. The summed E-state index contributed by atoms with van der Waals surface area (Å²) in [4.78, 5) is 4.73. The van der Waals surface area contributed by atoms with Crippen molar-refractivity contribution in [1.29, 1.82) is 0 Å². The number of aliphatic hydroxyl groups excluding tert-OH is 1. The zero-order chi connectivity index (χ0) is 9.68. The second kappa shape index (κ2) is 5.58. The molecule has 0 aliphatic carbocycles. The molecule has 0 aromatic carbocycles. The molecule has 1 heterocycles. The molecule has 1 atom stereocenters. The molecule has 0 radical (unpaired) electrons. The first-order valence-corrected chi connectivity index (χ1v) is 5.23. The van der Waals surface area contributed by atoms with Crippen LogP contribution in [0.25, 0.3) is 0 Å². The summed E-state index contributed by atoms with van der Waals surface area (Å²) >= 11 is 0. The molecule has 1 saturated heterocycles. The Morgan fingerprint density at radius 2 is 2.23 bits per heavy atom. The van der Waals surface area contributed by atoms with Crippen molar-refractivity contribution in [2.24, 2.45) is 0 Å². The zero-order valence-electron chi connectivity index (χ0n) is 8.87. The standard InChI is InChI=1S/C10H22N2O/c1-11(2)7-8-12-6-3-4-10(12)5-9-13/h10,13H,3-9H2,1-2H3. The number of rotatable bonds is 5. The third-order valence-electron chi connectivity index (χ3n) is 2.80. The normalized spacial score (nSPS) is 24.5. The lowest BCUT2D eigenvalue weighted by Crippen LogP contribution is -2.35. The molecule has 1 unspecified atom stereocenters. The lowest BCUT2D eigenvalue weighted by atomic mass is 10.1. The average Bonchev–Trinajstić information content (AvgIpc) is 2.49. The molecular weight excluding hydrogens is 164 g/mol. The van der Waals surface area contributed by atoms with Crippen LogP contribution in [0.2, 0.25) is 0 Å². The molecule has 0 aromatic rings. The van der Waals surface area contributed by atoms with E-state index >= 15 is 0 Å². The zero-order valence-corrected chi connectivity index (χ0v) is 8.87. The number of likely N-dealkylation sites (N-methyl/N-ethyl adjacent to an activating group) is 1. The number of aliphatic hydroxyl groups is 1. The van der Waals surface area contributed by atoms with Crippen molar-refractivity contribution in [3.05, 3.63) is 0 Å². The monoisotopic (exact) mass is 186 g/mol. The lowest BCUT2D eigenvalue weighted by Gasteiger charge is -2.25. The molecule has 3 nitrogen and oxygen atoms in total. The van der Waals surface area contributed by atoms with Gasteiger partial charge in [-0.2, -0.15) is 0 Å². The first-order valence-electron chi connectivity index (χ1n) is 5.23. The van der Waals surface area contributed by atoms with Crippen molar-refractivity contribution in [2.45, 2.75) is 25.3 Å². The summed E-state index contributed by atoms with van der Waals surface area (Å²) < 4.78 is 0. The SMILES string of the molecule is CN(C)CCN1CCCC1CCO. The van der Waals surface area contributed by atoms with Gasteiger partial charge in [0.15, 0.2) is 0 Å². The molecule has 1 N–H and O–H groups in total. The largest absolute Gasteiger partial charge is 0.396 e. The molecule has 1 fully saturated rings. The summed E-state index contributed by atoms with van der Waals surface area (Å²) in [6.45, 7) is 3.83. The fourth-order valence-corrected chi connectivity index (χ4v) is 1.99. The van der Waals surface area contributed by atoms with E-state index in [1.54, 1.807) is 0 Å². The van der Waals surface area contributed by atoms with Crippen LogP contribution in [-0.2, 0) is 0 Å². The Labute approximate surface area is 81.3 Å². The maximum atomic E-state index is 8.88. The van der Waals surface area contributed by atoms with Gasteiger partial charge in [0.2, 0.25) is 0 Å². The lowest BCUT2D eigenvalue weighted by molar-refractivity contribution is 0.183. The van der Waals surface area contributed by atoms with Crippen LogP contribution >= 0.6 is 0 Å². The molecule has 13 heavy (non-hydrogen) atoms. The maximum absolute atomic E-state index is 8.88. The Hall–Kier alpha value is -0.120. The Balaban J connectivity index is 2.22. The molecule has 3 heteroatoms. The first kappa shape index (κ1) is 11.0. The number of hydrogen-bond donors (Lipinski definition) is 1. The number of hydrogen-bond acceptors (Lipinski definition) is 3. The van der Waals surface area contributed by atoms with Crippen LogP contribution in [0.5, 0.6) is 0 Å². The fourth-order valence-electron chi connectivity index (χ4n) is 1.99. The smallest absolute Gasteiger partial charge is 0.0445 e. The minimum atomic E-state index is 0.336. The van der Waals surface area contributed by atoms with Crippen molar-refractivity contribution in [3.8, 4) is 0 Å². The van der Waals surface area contributed by atoms with Crippen LogP contribution in [0, 0.1) is 0 Å². The van der Waals surface area contributed by atoms with Crippen LogP contribution in [0.1, 0.15) is 19.3 Å². The van der Waals surface area contributed by atoms with E-state index in [1.165, 1.54) is 19.4 Å². The van der Waals surface area contributed by atoms with E-state index in [4.69, 9.17) is 5.11 Å². The molecule has 0 saturated carbocycles. The van der Waals surface area contributed by atoms with E-state index < -0.39 is 0 Å². The van der Waals surface area contributed by atoms with Gasteiger partial charge in [-0.25, -0.2) is 0 Å². The van der Waals surface area contributed by atoms with E-state index in [2.05, 4.69) is 23.9 Å². The number of nitrogens with zero attached hydrogens (tertiary/aromatic N) is 2. The van der Waals surface area contributed by atoms with Gasteiger partial charge in [-0.15, -0.1) is 0 Å². The summed E-state index contributed by atoms with van der Waals surface area (Å²) in [5.74, 6) is 0. The summed E-state index contributed by atoms with van der Waals surface area (Å²) in [5.41, 5.74) is 0. The Kier molecular flexibility index (Phi) is 4.70. The van der Waals surface area contributed by atoms with Gasteiger partial charge in [-0.1, -0.05) is 0 Å². The predicted molar refractivity (Wildman–Crippen MR) is 54.9 cm³/mol. The van der Waals surface area contributed by atoms with E-state index in [0.717, 1.165) is 19.5 Å². The van der Waals surface area contributed by atoms with Crippen molar-refractivity contribution in [3.63, 3.8) is 0 Å². The van der Waals surface area contributed by atoms with Crippen molar-refractivity contribution in [1.82, 2.24) is 9.80 Å². The van der Waals surface area contributed by atoms with E-state index in [0.29, 0.717) is 12.6 Å². The summed E-state index contributed by atoms with van der Waals surface area (Å²) in [6.07, 6.45) is 3.53. The third kappa shape index (κ3) is 3.63. The van der Waals surface area contributed by atoms with E-state index in [-0.39, 0.29) is 0 Å². The van der Waals surface area contributed by atoms with E-state index in [9.17, 15) is 0 Å². The van der Waals surface area contributed by atoms with Gasteiger partial charge < -0.3 is 10.0 Å². The first-order chi connectivity index (χ1) is 6.24. The highest BCUT2D eigenvalue weighted by atomic mass is 16.3. The van der Waals surface area contributed by atoms with Gasteiger partial charge >= 0.3 is 0 Å². The third-order valence-corrected chi connectivity index (χ3v) is 2.80. The minimum absolute atomic E-state index is 0.336. The minimum Gasteiger partial charge on any atom is -0.396 e. The molecular formula is C10H22N2O. The highest BCUT2D eigenvalue weighted by molar-refractivity contribution is 4.79. The van der Waals surface area contributed by atoms with Crippen LogP contribution in [0.3, 0.4) is 0 Å². The quantitative estimate of drug-likeness (QED) is 0.673. The van der Waals surface area contributed by atoms with E-state index in [1.807, 2.05) is 0 Å². The molecule has 0 bridgehead atoms. The summed E-state index contributed by atoms with van der Waals surface area (Å²) in [5, 5.41) is 8.88. The molecule has 1 aliphatic rings. The summed E-state index contributed by atoms with van der Waals surface area (Å²) in [6, 6.07) is 0.643. The molecule has 0 aromatic heterocycles. The Bertz CT molecular complexity index is 139. The second-order valence-corrected chi connectivity index (χ2v) is 4.15. The molecule has 1 aliphatic heterocycles. The van der Waals surface area contributed by atoms with Crippen LogP contribution in [0.15, 0.2) is 0 Å².